The molecule has 0 aromatic rings. The fraction of sp³-hybridized carbons (Fsp3) is 0.833. The Morgan fingerprint density at radius 2 is 2.05 bits per heavy atom. The topological polar surface area (TPSA) is 90.9 Å². The molecule has 0 bridgehead atoms. The van der Waals surface area contributed by atoms with Gasteiger partial charge in [0.25, 0.3) is 0 Å². The second kappa shape index (κ2) is 5.85. The van der Waals surface area contributed by atoms with Gasteiger partial charge in [-0.15, -0.1) is 0 Å². The van der Waals surface area contributed by atoms with E-state index < -0.39 is 11.5 Å². The number of rotatable bonds is 5. The van der Waals surface area contributed by atoms with Crippen LogP contribution in [0.15, 0.2) is 0 Å². The van der Waals surface area contributed by atoms with Gasteiger partial charge in [0.2, 0.25) is 5.91 Å². The van der Waals surface area contributed by atoms with Crippen LogP contribution in [0.1, 0.15) is 13.3 Å². The Morgan fingerprint density at radius 1 is 1.42 bits per heavy atom. The number of carboxylic acid groups (broad SMARTS) is 1. The lowest BCUT2D eigenvalue weighted by Crippen LogP contribution is -2.71. The van der Waals surface area contributed by atoms with Gasteiger partial charge < -0.3 is 20.1 Å². The molecule has 0 aliphatic carbocycles. The van der Waals surface area contributed by atoms with E-state index in [2.05, 4.69) is 10.6 Å². The lowest BCUT2D eigenvalue weighted by molar-refractivity contribution is -0.142. The van der Waals surface area contributed by atoms with Crippen molar-refractivity contribution >= 4 is 11.9 Å². The fourth-order valence-electron chi connectivity index (χ4n) is 2.57. The van der Waals surface area contributed by atoms with Crippen molar-refractivity contribution in [1.29, 1.82) is 0 Å². The minimum atomic E-state index is -0.847. The van der Waals surface area contributed by atoms with Gasteiger partial charge in [0.1, 0.15) is 0 Å². The number of carboxylic acids is 1. The molecule has 7 nitrogen and oxygen atoms in total. The Morgan fingerprint density at radius 3 is 2.53 bits per heavy atom. The third-order valence-electron chi connectivity index (χ3n) is 3.63. The molecule has 2 aliphatic rings. The highest BCUT2D eigenvalue weighted by atomic mass is 16.5. The van der Waals surface area contributed by atoms with Crippen molar-refractivity contribution in [2.75, 3.05) is 39.4 Å². The number of nitrogens with one attached hydrogen (secondary N) is 2. The molecule has 2 rings (SSSR count). The number of hydrogen-bond donors (Lipinski definition) is 3. The van der Waals surface area contributed by atoms with E-state index in [0.717, 1.165) is 0 Å². The van der Waals surface area contributed by atoms with Crippen LogP contribution in [-0.2, 0) is 14.3 Å². The van der Waals surface area contributed by atoms with Crippen LogP contribution in [0, 0.1) is 0 Å². The maximum atomic E-state index is 12.2. The van der Waals surface area contributed by atoms with Gasteiger partial charge >= 0.3 is 5.97 Å². The van der Waals surface area contributed by atoms with Crippen LogP contribution in [0.3, 0.4) is 0 Å². The number of amides is 1. The van der Waals surface area contributed by atoms with Crippen molar-refractivity contribution in [3.05, 3.63) is 0 Å². The smallest absolute Gasteiger partial charge is 0.305 e. The monoisotopic (exact) mass is 271 g/mol. The van der Waals surface area contributed by atoms with E-state index in [4.69, 9.17) is 9.84 Å². The number of aliphatic carboxylic acids is 1. The summed E-state index contributed by atoms with van der Waals surface area (Å²) in [5, 5.41) is 15.2. The van der Waals surface area contributed by atoms with Gasteiger partial charge in [0.05, 0.1) is 31.2 Å². The molecule has 0 aromatic heterocycles. The maximum Gasteiger partial charge on any atom is 0.305 e. The van der Waals surface area contributed by atoms with Crippen LogP contribution in [0.5, 0.6) is 0 Å². The Bertz CT molecular complexity index is 351. The molecule has 7 heteroatoms. The molecule has 2 aliphatic heterocycles. The second-order valence-electron chi connectivity index (χ2n) is 5.26. The summed E-state index contributed by atoms with van der Waals surface area (Å²) in [6.07, 6.45) is 0.0285. The molecule has 2 saturated heterocycles. The summed E-state index contributed by atoms with van der Waals surface area (Å²) in [6.45, 7) is 5.31. The van der Waals surface area contributed by atoms with Crippen LogP contribution in [0.2, 0.25) is 0 Å². The van der Waals surface area contributed by atoms with E-state index in [9.17, 15) is 9.59 Å². The average molecular weight is 271 g/mol. The summed E-state index contributed by atoms with van der Waals surface area (Å²) in [5.41, 5.74) is -0.493. The molecule has 1 atom stereocenters. The Labute approximate surface area is 112 Å². The molecule has 0 spiro atoms. The molecule has 0 radical (unpaired) electrons. The standard InChI is InChI=1S/C12H21N3O4/c1-9(11(18)15-2-4-19-5-3-15)14-12(6-10(16)17)7-13-8-12/h9,13-14H,2-8H2,1H3,(H,16,17). The normalized spacial score (nSPS) is 23.5. The molecule has 2 fully saturated rings. The summed E-state index contributed by atoms with van der Waals surface area (Å²) in [6, 6.07) is -0.375. The fourth-order valence-corrected chi connectivity index (χ4v) is 2.57. The minimum absolute atomic E-state index is 0.0139. The van der Waals surface area contributed by atoms with E-state index in [1.54, 1.807) is 11.8 Å². The Hall–Kier alpha value is -1.18. The molecular weight excluding hydrogens is 250 g/mol. The molecule has 0 aromatic carbocycles. The summed E-state index contributed by atoms with van der Waals surface area (Å²) in [4.78, 5) is 24.9. The number of carbonyl (C=O) groups excluding carboxylic acids is 1. The van der Waals surface area contributed by atoms with Crippen molar-refractivity contribution in [1.82, 2.24) is 15.5 Å². The third-order valence-corrected chi connectivity index (χ3v) is 3.63. The van der Waals surface area contributed by atoms with Crippen LogP contribution in [0.25, 0.3) is 0 Å². The first kappa shape index (κ1) is 14.2. The summed E-state index contributed by atoms with van der Waals surface area (Å²) < 4.78 is 5.21. The van der Waals surface area contributed by atoms with E-state index in [1.807, 2.05) is 0 Å². The highest BCUT2D eigenvalue weighted by molar-refractivity contribution is 5.82. The number of hydrogen-bond acceptors (Lipinski definition) is 5. The Balaban J connectivity index is 1.89. The summed E-state index contributed by atoms with van der Waals surface area (Å²) in [5.74, 6) is -0.833. The molecule has 0 saturated carbocycles. The molecule has 19 heavy (non-hydrogen) atoms. The van der Waals surface area contributed by atoms with Gasteiger partial charge in [-0.3, -0.25) is 14.9 Å². The maximum absolute atomic E-state index is 12.2. The van der Waals surface area contributed by atoms with Crippen LogP contribution in [0.4, 0.5) is 0 Å². The quantitative estimate of drug-likeness (QED) is 0.572. The van der Waals surface area contributed by atoms with Crippen molar-refractivity contribution in [2.24, 2.45) is 0 Å². The van der Waals surface area contributed by atoms with Gasteiger partial charge in [0.15, 0.2) is 0 Å². The third kappa shape index (κ3) is 3.43. The predicted octanol–water partition coefficient (Wildman–Crippen LogP) is -1.36. The number of carbonyl (C=O) groups is 2. The van der Waals surface area contributed by atoms with Crippen molar-refractivity contribution in [3.8, 4) is 0 Å². The number of nitrogens with zero attached hydrogens (tertiary/aromatic N) is 1. The van der Waals surface area contributed by atoms with Crippen LogP contribution < -0.4 is 10.6 Å². The zero-order chi connectivity index (χ0) is 13.9. The van der Waals surface area contributed by atoms with Gasteiger partial charge in [-0.25, -0.2) is 0 Å². The average Bonchev–Trinajstić information content (AvgIpc) is 2.35. The van der Waals surface area contributed by atoms with Crippen molar-refractivity contribution in [3.63, 3.8) is 0 Å². The molecule has 1 amide bonds. The predicted molar refractivity (Wildman–Crippen MR) is 67.9 cm³/mol. The van der Waals surface area contributed by atoms with Crippen LogP contribution >= 0.6 is 0 Å². The lowest BCUT2D eigenvalue weighted by Gasteiger charge is -2.44. The van der Waals surface area contributed by atoms with E-state index in [0.29, 0.717) is 39.4 Å². The zero-order valence-corrected chi connectivity index (χ0v) is 11.1. The minimum Gasteiger partial charge on any atom is -0.481 e. The van der Waals surface area contributed by atoms with Crippen molar-refractivity contribution in [2.45, 2.75) is 24.9 Å². The van der Waals surface area contributed by atoms with Gasteiger partial charge in [-0.2, -0.15) is 0 Å². The summed E-state index contributed by atoms with van der Waals surface area (Å²) in [7, 11) is 0. The molecule has 2 heterocycles. The van der Waals surface area contributed by atoms with Crippen LogP contribution in [-0.4, -0.2) is 72.9 Å². The highest BCUT2D eigenvalue weighted by Crippen LogP contribution is 2.17. The number of morpholine rings is 1. The second-order valence-corrected chi connectivity index (χ2v) is 5.26. The highest BCUT2D eigenvalue weighted by Gasteiger charge is 2.41. The van der Waals surface area contributed by atoms with E-state index in [-0.39, 0.29) is 18.4 Å². The first-order valence-corrected chi connectivity index (χ1v) is 6.59. The van der Waals surface area contributed by atoms with Gasteiger partial charge in [-0.1, -0.05) is 0 Å². The van der Waals surface area contributed by atoms with Gasteiger partial charge in [0, 0.05) is 26.2 Å². The summed E-state index contributed by atoms with van der Waals surface area (Å²) >= 11 is 0. The van der Waals surface area contributed by atoms with Gasteiger partial charge in [-0.05, 0) is 6.92 Å². The largest absolute Gasteiger partial charge is 0.481 e. The molecule has 3 N–H and O–H groups in total. The van der Waals surface area contributed by atoms with Crippen molar-refractivity contribution < 1.29 is 19.4 Å². The SMILES string of the molecule is CC(NC1(CC(=O)O)CNC1)C(=O)N1CCOCC1. The van der Waals surface area contributed by atoms with E-state index >= 15 is 0 Å². The number of ether oxygens (including phenoxy) is 1. The molecule has 108 valence electrons. The molecule has 1 unspecified atom stereocenters. The van der Waals surface area contributed by atoms with E-state index in [1.165, 1.54) is 0 Å². The lowest BCUT2D eigenvalue weighted by atomic mass is 9.87. The Kier molecular flexibility index (Phi) is 4.38. The first-order valence-electron chi connectivity index (χ1n) is 6.59. The molecular formula is C12H21N3O4. The first-order chi connectivity index (χ1) is 9.02. The zero-order valence-electron chi connectivity index (χ0n) is 11.1.